The molecule has 0 spiro atoms. The highest BCUT2D eigenvalue weighted by Gasteiger charge is 2.36. The normalized spacial score (nSPS) is 18.7. The van der Waals surface area contributed by atoms with Crippen molar-refractivity contribution in [2.75, 3.05) is 11.6 Å². The Kier molecular flexibility index (Phi) is 4.56. The van der Waals surface area contributed by atoms with E-state index >= 15 is 0 Å². The molecule has 0 unspecified atom stereocenters. The lowest BCUT2D eigenvalue weighted by molar-refractivity contribution is -0.125. The summed E-state index contributed by atoms with van der Waals surface area (Å²) < 4.78 is 0. The zero-order valence-electron chi connectivity index (χ0n) is 12.8. The van der Waals surface area contributed by atoms with Crippen molar-refractivity contribution in [3.05, 3.63) is 29.6 Å². The van der Waals surface area contributed by atoms with E-state index in [4.69, 9.17) is 0 Å². The monoisotopic (exact) mass is 307 g/mol. The van der Waals surface area contributed by atoms with E-state index in [0.717, 1.165) is 5.69 Å². The van der Waals surface area contributed by atoms with Gasteiger partial charge in [0.2, 0.25) is 5.91 Å². The molecule has 2 rings (SSSR count). The molecule has 0 saturated carbocycles. The average molecular weight is 307 g/mol. The molecule has 1 saturated heterocycles. The number of rotatable bonds is 2. The molecule has 0 aliphatic carbocycles. The lowest BCUT2D eigenvalue weighted by atomic mass is 10.1. The molecule has 1 aliphatic rings. The van der Waals surface area contributed by atoms with Crippen molar-refractivity contribution >= 4 is 23.6 Å². The van der Waals surface area contributed by atoms with E-state index < -0.39 is 6.04 Å². The number of nitrogens with one attached hydrogen (secondary N) is 1. The molecular weight excluding hydrogens is 286 g/mol. The van der Waals surface area contributed by atoms with Crippen LogP contribution in [-0.4, -0.2) is 44.9 Å². The summed E-state index contributed by atoms with van der Waals surface area (Å²) >= 11 is 1.59. The van der Waals surface area contributed by atoms with Gasteiger partial charge in [0.05, 0.1) is 11.4 Å². The number of aryl methyl sites for hydroxylation is 1. The largest absolute Gasteiger partial charge is 0.350 e. The Labute approximate surface area is 129 Å². The predicted octanol–water partition coefficient (Wildman–Crippen LogP) is 1.82. The fourth-order valence-corrected chi connectivity index (χ4v) is 3.23. The van der Waals surface area contributed by atoms with Crippen LogP contribution in [0.4, 0.5) is 0 Å². The number of hydrogen-bond acceptors (Lipinski definition) is 4. The Morgan fingerprint density at radius 1 is 1.38 bits per heavy atom. The molecule has 114 valence electrons. The minimum absolute atomic E-state index is 0.0964. The van der Waals surface area contributed by atoms with E-state index in [9.17, 15) is 9.59 Å². The zero-order valence-corrected chi connectivity index (χ0v) is 13.7. The second-order valence-electron chi connectivity index (χ2n) is 6.22. The Balaban J connectivity index is 2.13. The summed E-state index contributed by atoms with van der Waals surface area (Å²) in [6.07, 6.45) is 1.57. The van der Waals surface area contributed by atoms with Gasteiger partial charge in [-0.05, 0) is 39.8 Å². The number of carbonyl (C=O) groups excluding carboxylic acids is 2. The highest BCUT2D eigenvalue weighted by Crippen LogP contribution is 2.23. The third-order valence-electron chi connectivity index (χ3n) is 3.10. The van der Waals surface area contributed by atoms with Crippen molar-refractivity contribution < 1.29 is 9.59 Å². The molecule has 0 aromatic carbocycles. The van der Waals surface area contributed by atoms with Crippen LogP contribution < -0.4 is 5.32 Å². The Morgan fingerprint density at radius 2 is 2.10 bits per heavy atom. The lowest BCUT2D eigenvalue weighted by Crippen LogP contribution is -2.52. The first kappa shape index (κ1) is 15.8. The molecule has 6 heteroatoms. The first-order valence-electron chi connectivity index (χ1n) is 6.91. The van der Waals surface area contributed by atoms with E-state index in [0.29, 0.717) is 17.2 Å². The van der Waals surface area contributed by atoms with E-state index in [1.54, 1.807) is 35.0 Å². The van der Waals surface area contributed by atoms with Crippen molar-refractivity contribution in [1.29, 1.82) is 0 Å². The van der Waals surface area contributed by atoms with Crippen molar-refractivity contribution in [2.24, 2.45) is 0 Å². The SMILES string of the molecule is Cc1ccc(C(=O)N2CSC[C@H]2C(=O)NC(C)(C)C)cn1. The summed E-state index contributed by atoms with van der Waals surface area (Å²) in [5, 5.41) is 2.94. The fraction of sp³-hybridized carbons (Fsp3) is 0.533. The van der Waals surface area contributed by atoms with Gasteiger partial charge in [-0.25, -0.2) is 0 Å². The fourth-order valence-electron chi connectivity index (χ4n) is 2.07. The van der Waals surface area contributed by atoms with Crippen molar-refractivity contribution in [2.45, 2.75) is 39.3 Å². The standard InChI is InChI=1S/C15H21N3O2S/c1-10-5-6-11(7-16-10)14(20)18-9-21-8-12(18)13(19)17-15(2,3)4/h5-7,12H,8-9H2,1-4H3,(H,17,19)/t12-/m0/s1. The van der Waals surface area contributed by atoms with Gasteiger partial charge in [0.25, 0.3) is 5.91 Å². The molecule has 2 heterocycles. The highest BCUT2D eigenvalue weighted by atomic mass is 32.2. The number of thioether (sulfide) groups is 1. The molecule has 1 atom stereocenters. The van der Waals surface area contributed by atoms with E-state index in [2.05, 4.69) is 10.3 Å². The third kappa shape index (κ3) is 3.97. The minimum Gasteiger partial charge on any atom is -0.350 e. The first-order valence-corrected chi connectivity index (χ1v) is 8.07. The van der Waals surface area contributed by atoms with E-state index in [-0.39, 0.29) is 17.4 Å². The summed E-state index contributed by atoms with van der Waals surface area (Å²) in [4.78, 5) is 30.6. The van der Waals surface area contributed by atoms with Crippen molar-refractivity contribution in [3.63, 3.8) is 0 Å². The van der Waals surface area contributed by atoms with Crippen LogP contribution in [0.15, 0.2) is 18.3 Å². The second kappa shape index (κ2) is 6.05. The summed E-state index contributed by atoms with van der Waals surface area (Å²) in [6.45, 7) is 7.68. The Bertz CT molecular complexity index is 537. The van der Waals surface area contributed by atoms with Gasteiger partial charge in [-0.15, -0.1) is 11.8 Å². The smallest absolute Gasteiger partial charge is 0.256 e. The maximum Gasteiger partial charge on any atom is 0.256 e. The number of nitrogens with zero attached hydrogens (tertiary/aromatic N) is 2. The van der Waals surface area contributed by atoms with Crippen LogP contribution in [0.3, 0.4) is 0 Å². The van der Waals surface area contributed by atoms with Gasteiger partial charge in [0.1, 0.15) is 6.04 Å². The number of pyridine rings is 1. The lowest BCUT2D eigenvalue weighted by Gasteiger charge is -2.27. The van der Waals surface area contributed by atoms with Gasteiger partial charge in [0.15, 0.2) is 0 Å². The van der Waals surface area contributed by atoms with Crippen LogP contribution in [0.2, 0.25) is 0 Å². The summed E-state index contributed by atoms with van der Waals surface area (Å²) in [6, 6.07) is 3.15. The van der Waals surface area contributed by atoms with Gasteiger partial charge < -0.3 is 10.2 Å². The molecule has 1 fully saturated rings. The van der Waals surface area contributed by atoms with Crippen LogP contribution in [0, 0.1) is 6.92 Å². The number of aromatic nitrogens is 1. The molecular formula is C15H21N3O2S. The molecule has 1 aromatic heterocycles. The number of amides is 2. The first-order chi connectivity index (χ1) is 9.78. The van der Waals surface area contributed by atoms with Gasteiger partial charge in [-0.1, -0.05) is 0 Å². The van der Waals surface area contributed by atoms with Gasteiger partial charge in [-0.2, -0.15) is 0 Å². The molecule has 0 bridgehead atoms. The van der Waals surface area contributed by atoms with Gasteiger partial charge in [0, 0.05) is 23.2 Å². The van der Waals surface area contributed by atoms with Crippen LogP contribution in [0.25, 0.3) is 0 Å². The number of carbonyl (C=O) groups is 2. The second-order valence-corrected chi connectivity index (χ2v) is 7.22. The van der Waals surface area contributed by atoms with E-state index in [1.165, 1.54) is 0 Å². The maximum absolute atomic E-state index is 12.5. The molecule has 0 radical (unpaired) electrons. The Morgan fingerprint density at radius 3 is 2.67 bits per heavy atom. The van der Waals surface area contributed by atoms with Gasteiger partial charge >= 0.3 is 0 Å². The summed E-state index contributed by atoms with van der Waals surface area (Å²) in [5.74, 6) is 0.935. The third-order valence-corrected chi connectivity index (χ3v) is 4.11. The predicted molar refractivity (Wildman–Crippen MR) is 84.2 cm³/mol. The maximum atomic E-state index is 12.5. The number of hydrogen-bond donors (Lipinski definition) is 1. The molecule has 1 N–H and O–H groups in total. The highest BCUT2D eigenvalue weighted by molar-refractivity contribution is 7.99. The van der Waals surface area contributed by atoms with Crippen LogP contribution in [0.5, 0.6) is 0 Å². The van der Waals surface area contributed by atoms with Crippen LogP contribution in [0.1, 0.15) is 36.8 Å². The van der Waals surface area contributed by atoms with Gasteiger partial charge in [-0.3, -0.25) is 14.6 Å². The van der Waals surface area contributed by atoms with Crippen LogP contribution >= 0.6 is 11.8 Å². The zero-order chi connectivity index (χ0) is 15.6. The molecule has 1 aromatic rings. The minimum atomic E-state index is -0.414. The topological polar surface area (TPSA) is 62.3 Å². The van der Waals surface area contributed by atoms with Crippen molar-refractivity contribution in [3.8, 4) is 0 Å². The average Bonchev–Trinajstić information content (AvgIpc) is 2.86. The molecule has 5 nitrogen and oxygen atoms in total. The van der Waals surface area contributed by atoms with Crippen LogP contribution in [-0.2, 0) is 4.79 Å². The molecule has 1 aliphatic heterocycles. The molecule has 21 heavy (non-hydrogen) atoms. The Hall–Kier alpha value is -1.56. The summed E-state index contributed by atoms with van der Waals surface area (Å²) in [5.41, 5.74) is 1.09. The summed E-state index contributed by atoms with van der Waals surface area (Å²) in [7, 11) is 0. The van der Waals surface area contributed by atoms with Crippen molar-refractivity contribution in [1.82, 2.24) is 15.2 Å². The quantitative estimate of drug-likeness (QED) is 0.905. The van der Waals surface area contributed by atoms with E-state index in [1.807, 2.05) is 27.7 Å². The molecule has 2 amide bonds.